The minimum atomic E-state index is -0.275. The van der Waals surface area contributed by atoms with Crippen LogP contribution in [0.2, 0.25) is 0 Å². The first-order chi connectivity index (χ1) is 14.5. The molecule has 2 heterocycles. The molecule has 0 spiro atoms. The number of hydrogen-bond acceptors (Lipinski definition) is 5. The van der Waals surface area contributed by atoms with Gasteiger partial charge in [-0.1, -0.05) is 12.1 Å². The quantitative estimate of drug-likeness (QED) is 0.637. The van der Waals surface area contributed by atoms with Gasteiger partial charge in [-0.3, -0.25) is 4.79 Å². The van der Waals surface area contributed by atoms with Crippen molar-refractivity contribution in [3.63, 3.8) is 0 Å². The smallest absolute Gasteiger partial charge is 0.251 e. The number of aliphatic hydroxyl groups excluding tert-OH is 1. The lowest BCUT2D eigenvalue weighted by Gasteiger charge is -2.31. The first-order valence-corrected chi connectivity index (χ1v) is 10.5. The standard InChI is InChI=1S/C24H28N2O4/c1-3-29-21-6-4-5-18-15-22(30-23(18)21)16(2)25-24(28)17-7-9-19(10-8-17)26-13-11-20(27)12-14-26/h4-10,15-16,20,27H,3,11-14H2,1-2H3,(H,25,28). The van der Waals surface area contributed by atoms with E-state index in [0.29, 0.717) is 29.3 Å². The van der Waals surface area contributed by atoms with Crippen molar-refractivity contribution in [2.75, 3.05) is 24.6 Å². The number of rotatable bonds is 6. The van der Waals surface area contributed by atoms with Gasteiger partial charge in [0.2, 0.25) is 0 Å². The van der Waals surface area contributed by atoms with Gasteiger partial charge in [0, 0.05) is 29.7 Å². The first-order valence-electron chi connectivity index (χ1n) is 10.5. The van der Waals surface area contributed by atoms with E-state index in [1.807, 2.05) is 62.4 Å². The highest BCUT2D eigenvalue weighted by Crippen LogP contribution is 2.31. The number of nitrogens with zero attached hydrogens (tertiary/aromatic N) is 1. The number of piperidine rings is 1. The van der Waals surface area contributed by atoms with Gasteiger partial charge in [-0.25, -0.2) is 0 Å². The van der Waals surface area contributed by atoms with E-state index in [-0.39, 0.29) is 18.1 Å². The molecule has 30 heavy (non-hydrogen) atoms. The lowest BCUT2D eigenvalue weighted by molar-refractivity contribution is 0.0935. The molecule has 2 aromatic carbocycles. The van der Waals surface area contributed by atoms with Gasteiger partial charge in [0.1, 0.15) is 5.76 Å². The second-order valence-corrected chi connectivity index (χ2v) is 7.72. The number of aliphatic hydroxyl groups is 1. The molecule has 6 nitrogen and oxygen atoms in total. The van der Waals surface area contributed by atoms with Crippen molar-refractivity contribution in [3.8, 4) is 5.75 Å². The number of amides is 1. The van der Waals surface area contributed by atoms with Crippen molar-refractivity contribution in [1.82, 2.24) is 5.32 Å². The Kier molecular flexibility index (Phi) is 5.95. The van der Waals surface area contributed by atoms with Crippen LogP contribution in [0.3, 0.4) is 0 Å². The fraction of sp³-hybridized carbons (Fsp3) is 0.375. The van der Waals surface area contributed by atoms with Crippen LogP contribution in [0.15, 0.2) is 52.9 Å². The Morgan fingerprint density at radius 1 is 1.23 bits per heavy atom. The molecule has 6 heteroatoms. The van der Waals surface area contributed by atoms with Gasteiger partial charge >= 0.3 is 0 Å². The average Bonchev–Trinajstić information content (AvgIpc) is 3.20. The van der Waals surface area contributed by atoms with Crippen molar-refractivity contribution < 1.29 is 19.1 Å². The Balaban J connectivity index is 1.43. The van der Waals surface area contributed by atoms with Crippen LogP contribution in [0.4, 0.5) is 5.69 Å². The number of fused-ring (bicyclic) bond motifs is 1. The molecule has 1 amide bonds. The Hall–Kier alpha value is -2.99. The van der Waals surface area contributed by atoms with Gasteiger partial charge in [-0.2, -0.15) is 0 Å². The molecular weight excluding hydrogens is 380 g/mol. The normalized spacial score (nSPS) is 15.9. The summed E-state index contributed by atoms with van der Waals surface area (Å²) in [6, 6.07) is 15.1. The topological polar surface area (TPSA) is 74.9 Å². The molecule has 0 radical (unpaired) electrons. The molecule has 158 valence electrons. The number of furan rings is 1. The second-order valence-electron chi connectivity index (χ2n) is 7.72. The number of ether oxygens (including phenoxy) is 1. The lowest BCUT2D eigenvalue weighted by Crippen LogP contribution is -2.35. The highest BCUT2D eigenvalue weighted by molar-refractivity contribution is 5.95. The number of benzene rings is 2. The molecule has 1 atom stereocenters. The Labute approximate surface area is 176 Å². The Morgan fingerprint density at radius 2 is 1.97 bits per heavy atom. The minimum Gasteiger partial charge on any atom is -0.490 e. The van der Waals surface area contributed by atoms with E-state index in [9.17, 15) is 9.90 Å². The van der Waals surface area contributed by atoms with Gasteiger partial charge in [0.15, 0.2) is 11.3 Å². The van der Waals surface area contributed by atoms with Gasteiger partial charge in [-0.05, 0) is 63.1 Å². The van der Waals surface area contributed by atoms with Gasteiger partial charge < -0.3 is 24.5 Å². The number of hydrogen-bond donors (Lipinski definition) is 2. The average molecular weight is 408 g/mol. The fourth-order valence-electron chi connectivity index (χ4n) is 3.84. The van der Waals surface area contributed by atoms with Crippen LogP contribution in [0.1, 0.15) is 48.8 Å². The van der Waals surface area contributed by atoms with Crippen molar-refractivity contribution in [2.45, 2.75) is 38.8 Å². The van der Waals surface area contributed by atoms with E-state index in [1.165, 1.54) is 0 Å². The molecule has 1 aliphatic heterocycles. The Morgan fingerprint density at radius 3 is 2.67 bits per heavy atom. The summed E-state index contributed by atoms with van der Waals surface area (Å²) in [6.45, 7) is 6.07. The summed E-state index contributed by atoms with van der Waals surface area (Å²) in [5.74, 6) is 1.25. The predicted molar refractivity (Wildman–Crippen MR) is 117 cm³/mol. The number of para-hydroxylation sites is 1. The molecule has 3 aromatic rings. The summed E-state index contributed by atoms with van der Waals surface area (Å²) < 4.78 is 11.6. The second kappa shape index (κ2) is 8.79. The van der Waals surface area contributed by atoms with Crippen LogP contribution >= 0.6 is 0 Å². The maximum absolute atomic E-state index is 12.7. The molecule has 1 aliphatic rings. The molecule has 1 saturated heterocycles. The van der Waals surface area contributed by atoms with E-state index in [2.05, 4.69) is 10.2 Å². The van der Waals surface area contributed by atoms with E-state index >= 15 is 0 Å². The molecule has 0 saturated carbocycles. The maximum Gasteiger partial charge on any atom is 0.251 e. The van der Waals surface area contributed by atoms with Crippen LogP contribution < -0.4 is 15.0 Å². The van der Waals surface area contributed by atoms with E-state index < -0.39 is 0 Å². The number of carbonyl (C=O) groups excluding carboxylic acids is 1. The van der Waals surface area contributed by atoms with Crippen LogP contribution in [0.5, 0.6) is 5.75 Å². The third-order valence-electron chi connectivity index (χ3n) is 5.56. The molecular formula is C24H28N2O4. The van der Waals surface area contributed by atoms with Gasteiger partial charge in [-0.15, -0.1) is 0 Å². The Bertz CT molecular complexity index is 1000. The maximum atomic E-state index is 12.7. The zero-order valence-electron chi connectivity index (χ0n) is 17.4. The van der Waals surface area contributed by atoms with Crippen LogP contribution in [-0.2, 0) is 0 Å². The van der Waals surface area contributed by atoms with Crippen LogP contribution in [0, 0.1) is 0 Å². The van der Waals surface area contributed by atoms with Crippen LogP contribution in [0.25, 0.3) is 11.0 Å². The summed E-state index contributed by atoms with van der Waals surface area (Å²) in [5.41, 5.74) is 2.38. The highest BCUT2D eigenvalue weighted by Gasteiger charge is 2.19. The monoisotopic (exact) mass is 408 g/mol. The fourth-order valence-corrected chi connectivity index (χ4v) is 3.84. The summed E-state index contributed by atoms with van der Waals surface area (Å²) in [4.78, 5) is 15.0. The summed E-state index contributed by atoms with van der Waals surface area (Å²) >= 11 is 0. The van der Waals surface area contributed by atoms with Crippen molar-refractivity contribution in [2.24, 2.45) is 0 Å². The lowest BCUT2D eigenvalue weighted by atomic mass is 10.1. The predicted octanol–water partition coefficient (Wildman–Crippen LogP) is 4.28. The third-order valence-corrected chi connectivity index (χ3v) is 5.56. The molecule has 0 aliphatic carbocycles. The summed E-state index contributed by atoms with van der Waals surface area (Å²) in [5, 5.41) is 13.6. The van der Waals surface area contributed by atoms with Crippen molar-refractivity contribution >= 4 is 22.6 Å². The van der Waals surface area contributed by atoms with Gasteiger partial charge in [0.05, 0.1) is 18.8 Å². The molecule has 1 unspecified atom stereocenters. The zero-order chi connectivity index (χ0) is 21.1. The SMILES string of the molecule is CCOc1cccc2cc(C(C)NC(=O)c3ccc(N4CCC(O)CC4)cc3)oc12. The van der Waals surface area contributed by atoms with Crippen molar-refractivity contribution in [3.05, 3.63) is 59.9 Å². The molecule has 1 aromatic heterocycles. The van der Waals surface area contributed by atoms with Gasteiger partial charge in [0.25, 0.3) is 5.91 Å². The zero-order valence-corrected chi connectivity index (χ0v) is 17.4. The number of nitrogens with one attached hydrogen (secondary N) is 1. The third kappa shape index (κ3) is 4.28. The van der Waals surface area contributed by atoms with E-state index in [4.69, 9.17) is 9.15 Å². The summed E-state index contributed by atoms with van der Waals surface area (Å²) in [6.07, 6.45) is 1.36. The number of anilines is 1. The van der Waals surface area contributed by atoms with E-state index in [1.54, 1.807) is 0 Å². The number of carbonyl (C=O) groups is 1. The summed E-state index contributed by atoms with van der Waals surface area (Å²) in [7, 11) is 0. The molecule has 4 rings (SSSR count). The van der Waals surface area contributed by atoms with Crippen molar-refractivity contribution in [1.29, 1.82) is 0 Å². The molecule has 2 N–H and O–H groups in total. The van der Waals surface area contributed by atoms with Crippen LogP contribution in [-0.4, -0.2) is 36.8 Å². The minimum absolute atomic E-state index is 0.145. The highest BCUT2D eigenvalue weighted by atomic mass is 16.5. The molecule has 1 fully saturated rings. The van der Waals surface area contributed by atoms with E-state index in [0.717, 1.165) is 37.0 Å². The first kappa shape index (κ1) is 20.3. The molecule has 0 bridgehead atoms. The largest absolute Gasteiger partial charge is 0.490 e.